The summed E-state index contributed by atoms with van der Waals surface area (Å²) < 4.78 is 26.6. The number of H-pyrrole nitrogens is 1. The van der Waals surface area contributed by atoms with Gasteiger partial charge in [-0.25, -0.2) is 8.78 Å². The van der Waals surface area contributed by atoms with Crippen molar-refractivity contribution in [2.45, 2.75) is 31.1 Å². The average Bonchev–Trinajstić information content (AvgIpc) is 3.10. The molecule has 2 aromatic carbocycles. The maximum Gasteiger partial charge on any atom is 0.125 e. The highest BCUT2D eigenvalue weighted by Gasteiger charge is 2.19. The van der Waals surface area contributed by atoms with Gasteiger partial charge in [0.2, 0.25) is 0 Å². The second kappa shape index (κ2) is 9.14. The first-order chi connectivity index (χ1) is 14.1. The molecule has 0 saturated carbocycles. The maximum atomic E-state index is 13.6. The number of halogens is 2. The Bertz CT molecular complexity index is 1010. The van der Waals surface area contributed by atoms with E-state index >= 15 is 0 Å². The van der Waals surface area contributed by atoms with E-state index in [0.717, 1.165) is 60.4 Å². The molecule has 2 heterocycles. The molecule has 0 saturated heterocycles. The van der Waals surface area contributed by atoms with Gasteiger partial charge in [-0.1, -0.05) is 13.0 Å². The summed E-state index contributed by atoms with van der Waals surface area (Å²) in [7, 11) is 0. The van der Waals surface area contributed by atoms with E-state index < -0.39 is 0 Å². The van der Waals surface area contributed by atoms with Crippen molar-refractivity contribution in [3.05, 3.63) is 71.4 Å². The Labute approximate surface area is 175 Å². The molecule has 0 radical (unpaired) electrons. The first-order valence-electron chi connectivity index (χ1n) is 10.2. The van der Waals surface area contributed by atoms with Crippen LogP contribution in [0.4, 0.5) is 8.78 Å². The van der Waals surface area contributed by atoms with Crippen molar-refractivity contribution < 1.29 is 8.78 Å². The van der Waals surface area contributed by atoms with Crippen LogP contribution < -0.4 is 0 Å². The summed E-state index contributed by atoms with van der Waals surface area (Å²) in [6.45, 7) is 5.20. The molecule has 2 nitrogen and oxygen atoms in total. The molecule has 1 aliphatic rings. The Balaban J connectivity index is 1.35. The van der Waals surface area contributed by atoms with Gasteiger partial charge in [0.05, 0.1) is 0 Å². The van der Waals surface area contributed by atoms with Gasteiger partial charge in [0, 0.05) is 40.1 Å². The van der Waals surface area contributed by atoms with E-state index in [1.165, 1.54) is 29.0 Å². The largest absolute Gasteiger partial charge is 0.358 e. The van der Waals surface area contributed by atoms with Crippen LogP contribution in [0, 0.1) is 11.6 Å². The van der Waals surface area contributed by atoms with Crippen LogP contribution in [0.25, 0.3) is 16.5 Å². The quantitative estimate of drug-likeness (QED) is 0.364. The average molecular weight is 413 g/mol. The van der Waals surface area contributed by atoms with E-state index in [2.05, 4.69) is 22.9 Å². The molecule has 0 bridgehead atoms. The van der Waals surface area contributed by atoms with Crippen molar-refractivity contribution in [3.8, 4) is 0 Å². The Morgan fingerprint density at radius 1 is 1.07 bits per heavy atom. The number of thioether (sulfide) groups is 1. The number of fused-ring (bicyclic) bond motifs is 1. The molecule has 152 valence electrons. The lowest BCUT2D eigenvalue weighted by Crippen LogP contribution is -2.29. The molecule has 5 heteroatoms. The number of aromatic nitrogens is 1. The van der Waals surface area contributed by atoms with E-state index in [0.29, 0.717) is 0 Å². The summed E-state index contributed by atoms with van der Waals surface area (Å²) in [5.74, 6) is 0.652. The second-order valence-electron chi connectivity index (χ2n) is 7.46. The standard InChI is InChI=1S/C24H26F2N2S/c1-2-22-24(21-9-6-19(26)16-23(21)27-22)17-10-13-28(14-11-17)12-3-15-29-20-7-4-18(25)5-8-20/h4-10,16,27H,2-3,11-15H2,1H3. The fourth-order valence-corrected chi connectivity index (χ4v) is 4.85. The number of hydrogen-bond acceptors (Lipinski definition) is 2. The van der Waals surface area contributed by atoms with Gasteiger partial charge >= 0.3 is 0 Å². The summed E-state index contributed by atoms with van der Waals surface area (Å²) in [6, 6.07) is 11.8. The zero-order valence-corrected chi connectivity index (χ0v) is 17.5. The lowest BCUT2D eigenvalue weighted by atomic mass is 9.95. The number of aromatic amines is 1. The molecular weight excluding hydrogens is 386 g/mol. The third-order valence-electron chi connectivity index (χ3n) is 5.51. The fourth-order valence-electron chi connectivity index (χ4n) is 4.01. The van der Waals surface area contributed by atoms with Crippen molar-refractivity contribution in [2.24, 2.45) is 0 Å². The summed E-state index contributed by atoms with van der Waals surface area (Å²) in [5, 5.41) is 1.12. The number of rotatable bonds is 7. The Morgan fingerprint density at radius 2 is 1.86 bits per heavy atom. The highest BCUT2D eigenvalue weighted by molar-refractivity contribution is 7.99. The van der Waals surface area contributed by atoms with Crippen LogP contribution in [0.3, 0.4) is 0 Å². The lowest BCUT2D eigenvalue weighted by molar-refractivity contribution is 0.303. The summed E-state index contributed by atoms with van der Waals surface area (Å²) >= 11 is 1.78. The minimum atomic E-state index is -0.199. The maximum absolute atomic E-state index is 13.6. The molecule has 0 atom stereocenters. The third-order valence-corrected chi connectivity index (χ3v) is 6.61. The van der Waals surface area contributed by atoms with Crippen LogP contribution in [-0.2, 0) is 6.42 Å². The molecule has 1 aromatic heterocycles. The molecule has 0 spiro atoms. The van der Waals surface area contributed by atoms with Crippen molar-refractivity contribution in [1.82, 2.24) is 9.88 Å². The Hall–Kier alpha value is -2.11. The van der Waals surface area contributed by atoms with E-state index in [9.17, 15) is 8.78 Å². The minimum Gasteiger partial charge on any atom is -0.358 e. The van der Waals surface area contributed by atoms with Gasteiger partial charge < -0.3 is 4.98 Å². The van der Waals surface area contributed by atoms with Crippen molar-refractivity contribution >= 4 is 28.2 Å². The Morgan fingerprint density at radius 3 is 2.59 bits per heavy atom. The predicted octanol–water partition coefficient (Wildman–Crippen LogP) is 6.28. The number of aryl methyl sites for hydroxylation is 1. The van der Waals surface area contributed by atoms with Crippen LogP contribution in [-0.4, -0.2) is 35.3 Å². The van der Waals surface area contributed by atoms with Gasteiger partial charge in [0.1, 0.15) is 11.6 Å². The molecular formula is C24H26F2N2S. The van der Waals surface area contributed by atoms with Gasteiger partial charge in [-0.15, -0.1) is 11.8 Å². The van der Waals surface area contributed by atoms with Gasteiger partial charge in [-0.05, 0) is 79.6 Å². The zero-order chi connectivity index (χ0) is 20.2. The minimum absolute atomic E-state index is 0.183. The molecule has 29 heavy (non-hydrogen) atoms. The van der Waals surface area contributed by atoms with Crippen LogP contribution in [0.15, 0.2) is 53.4 Å². The van der Waals surface area contributed by atoms with Crippen molar-refractivity contribution in [3.63, 3.8) is 0 Å². The smallest absolute Gasteiger partial charge is 0.125 e. The van der Waals surface area contributed by atoms with Gasteiger partial charge in [0.15, 0.2) is 0 Å². The van der Waals surface area contributed by atoms with Crippen LogP contribution >= 0.6 is 11.8 Å². The zero-order valence-electron chi connectivity index (χ0n) is 16.7. The SMILES string of the molecule is CCc1[nH]c2cc(F)ccc2c1C1=CCN(CCCSc2ccc(F)cc2)CC1. The monoisotopic (exact) mass is 412 g/mol. The molecule has 0 amide bonds. The highest BCUT2D eigenvalue weighted by atomic mass is 32.2. The van der Waals surface area contributed by atoms with E-state index in [4.69, 9.17) is 0 Å². The summed E-state index contributed by atoms with van der Waals surface area (Å²) in [4.78, 5) is 7.00. The third kappa shape index (κ3) is 4.73. The second-order valence-corrected chi connectivity index (χ2v) is 8.63. The van der Waals surface area contributed by atoms with Crippen molar-refractivity contribution in [2.75, 3.05) is 25.4 Å². The number of nitrogens with zero attached hydrogens (tertiary/aromatic N) is 1. The van der Waals surface area contributed by atoms with Crippen LogP contribution in [0.1, 0.15) is 31.0 Å². The molecule has 0 fully saturated rings. The molecule has 3 aromatic rings. The van der Waals surface area contributed by atoms with Gasteiger partial charge in [-0.3, -0.25) is 4.90 Å². The lowest BCUT2D eigenvalue weighted by Gasteiger charge is -2.26. The van der Waals surface area contributed by atoms with Crippen LogP contribution in [0.5, 0.6) is 0 Å². The first-order valence-corrected chi connectivity index (χ1v) is 11.2. The highest BCUT2D eigenvalue weighted by Crippen LogP contribution is 2.33. The summed E-state index contributed by atoms with van der Waals surface area (Å²) in [6.07, 6.45) is 5.37. The molecule has 1 N–H and O–H groups in total. The molecule has 0 unspecified atom stereocenters. The molecule has 1 aliphatic heterocycles. The normalized spacial score (nSPS) is 15.1. The van der Waals surface area contributed by atoms with E-state index in [1.54, 1.807) is 23.9 Å². The number of hydrogen-bond donors (Lipinski definition) is 1. The molecule has 4 rings (SSSR count). The predicted molar refractivity (Wildman–Crippen MR) is 118 cm³/mol. The van der Waals surface area contributed by atoms with Crippen LogP contribution in [0.2, 0.25) is 0 Å². The fraction of sp³-hybridized carbons (Fsp3) is 0.333. The number of nitrogens with one attached hydrogen (secondary N) is 1. The summed E-state index contributed by atoms with van der Waals surface area (Å²) in [5.41, 5.74) is 4.73. The van der Waals surface area contributed by atoms with Crippen molar-refractivity contribution in [1.29, 1.82) is 0 Å². The first kappa shape index (κ1) is 20.2. The van der Waals surface area contributed by atoms with E-state index in [-0.39, 0.29) is 11.6 Å². The number of benzene rings is 2. The molecule has 0 aliphatic carbocycles. The Kier molecular flexibility index (Phi) is 6.36. The van der Waals surface area contributed by atoms with Gasteiger partial charge in [0.25, 0.3) is 0 Å². The topological polar surface area (TPSA) is 19.0 Å². The van der Waals surface area contributed by atoms with Gasteiger partial charge in [-0.2, -0.15) is 0 Å². The van der Waals surface area contributed by atoms with E-state index in [1.807, 2.05) is 18.2 Å².